The number of halogens is 3. The van der Waals surface area contributed by atoms with Crippen molar-refractivity contribution in [2.45, 2.75) is 24.4 Å². The zero-order valence-corrected chi connectivity index (χ0v) is 17.3. The van der Waals surface area contributed by atoms with E-state index in [0.29, 0.717) is 25.2 Å². The molecule has 0 spiro atoms. The van der Waals surface area contributed by atoms with E-state index in [1.54, 1.807) is 34.9 Å². The van der Waals surface area contributed by atoms with Crippen molar-refractivity contribution in [1.82, 2.24) is 4.90 Å². The SMILES string of the molecule is CCCS(=O)(=O)c1ccccc1C(=O)N1CCN(c2cccc(C(F)(F)F)c2)CC1. The van der Waals surface area contributed by atoms with Crippen molar-refractivity contribution >= 4 is 21.4 Å². The second-order valence-electron chi connectivity index (χ2n) is 7.14. The highest BCUT2D eigenvalue weighted by molar-refractivity contribution is 7.91. The van der Waals surface area contributed by atoms with Crippen molar-refractivity contribution < 1.29 is 26.4 Å². The fourth-order valence-corrected chi connectivity index (χ4v) is 5.04. The quantitative estimate of drug-likeness (QED) is 0.709. The van der Waals surface area contributed by atoms with Crippen molar-refractivity contribution in [3.05, 3.63) is 59.7 Å². The van der Waals surface area contributed by atoms with Crippen LogP contribution < -0.4 is 4.90 Å². The Morgan fingerprint density at radius 2 is 1.67 bits per heavy atom. The maximum Gasteiger partial charge on any atom is 0.416 e. The van der Waals surface area contributed by atoms with Gasteiger partial charge in [-0.25, -0.2) is 8.42 Å². The van der Waals surface area contributed by atoms with E-state index in [0.717, 1.165) is 12.1 Å². The van der Waals surface area contributed by atoms with Crippen LogP contribution in [0.5, 0.6) is 0 Å². The molecule has 9 heteroatoms. The van der Waals surface area contributed by atoms with Crippen LogP contribution >= 0.6 is 0 Å². The summed E-state index contributed by atoms with van der Waals surface area (Å²) in [5.74, 6) is -0.422. The van der Waals surface area contributed by atoms with Crippen molar-refractivity contribution in [2.75, 3.05) is 36.8 Å². The van der Waals surface area contributed by atoms with Gasteiger partial charge in [0.15, 0.2) is 9.84 Å². The molecule has 30 heavy (non-hydrogen) atoms. The second-order valence-corrected chi connectivity index (χ2v) is 9.22. The molecule has 0 atom stereocenters. The van der Waals surface area contributed by atoms with Gasteiger partial charge >= 0.3 is 6.18 Å². The minimum atomic E-state index is -4.42. The lowest BCUT2D eigenvalue weighted by molar-refractivity contribution is -0.137. The van der Waals surface area contributed by atoms with Gasteiger partial charge < -0.3 is 9.80 Å². The summed E-state index contributed by atoms with van der Waals surface area (Å²) < 4.78 is 63.9. The van der Waals surface area contributed by atoms with Crippen molar-refractivity contribution in [3.8, 4) is 0 Å². The van der Waals surface area contributed by atoms with Crippen LogP contribution in [-0.4, -0.2) is 51.2 Å². The summed E-state index contributed by atoms with van der Waals surface area (Å²) in [6, 6.07) is 11.3. The first-order chi connectivity index (χ1) is 14.1. The molecule has 1 fully saturated rings. The number of benzene rings is 2. The van der Waals surface area contributed by atoms with Crippen LogP contribution in [0.1, 0.15) is 29.3 Å². The Balaban J connectivity index is 1.75. The molecule has 1 heterocycles. The Labute approximate surface area is 174 Å². The number of hydrogen-bond acceptors (Lipinski definition) is 4. The molecule has 5 nitrogen and oxygen atoms in total. The molecule has 0 N–H and O–H groups in total. The molecular formula is C21H23F3N2O3S. The molecule has 1 amide bonds. The third-order valence-corrected chi connectivity index (χ3v) is 7.00. The number of carbonyl (C=O) groups excluding carboxylic acids is 1. The Morgan fingerprint density at radius 1 is 1.00 bits per heavy atom. The Morgan fingerprint density at radius 3 is 2.30 bits per heavy atom. The summed E-state index contributed by atoms with van der Waals surface area (Å²) in [4.78, 5) is 16.4. The predicted molar refractivity (Wildman–Crippen MR) is 108 cm³/mol. The number of alkyl halides is 3. The van der Waals surface area contributed by atoms with Crippen LogP contribution in [0.15, 0.2) is 53.4 Å². The minimum Gasteiger partial charge on any atom is -0.368 e. The number of rotatable bonds is 5. The predicted octanol–water partition coefficient (Wildman–Crippen LogP) is 3.85. The normalized spacial score (nSPS) is 15.3. The van der Waals surface area contributed by atoms with E-state index >= 15 is 0 Å². The number of hydrogen-bond donors (Lipinski definition) is 0. The van der Waals surface area contributed by atoms with E-state index in [9.17, 15) is 26.4 Å². The van der Waals surface area contributed by atoms with Crippen molar-refractivity contribution in [3.63, 3.8) is 0 Å². The number of carbonyl (C=O) groups is 1. The molecule has 0 bridgehead atoms. The smallest absolute Gasteiger partial charge is 0.368 e. The lowest BCUT2D eigenvalue weighted by Gasteiger charge is -2.36. The van der Waals surface area contributed by atoms with Crippen molar-refractivity contribution in [1.29, 1.82) is 0 Å². The number of nitrogens with zero attached hydrogens (tertiary/aromatic N) is 2. The Hall–Kier alpha value is -2.55. The van der Waals surface area contributed by atoms with Crippen LogP contribution in [0.3, 0.4) is 0 Å². The van der Waals surface area contributed by atoms with Crippen LogP contribution in [0.2, 0.25) is 0 Å². The molecule has 0 aromatic heterocycles. The monoisotopic (exact) mass is 440 g/mol. The average Bonchev–Trinajstić information content (AvgIpc) is 2.73. The van der Waals surface area contributed by atoms with Gasteiger partial charge in [-0.15, -0.1) is 0 Å². The van der Waals surface area contributed by atoms with Gasteiger partial charge in [0.2, 0.25) is 0 Å². The highest BCUT2D eigenvalue weighted by Crippen LogP contribution is 2.32. The summed E-state index contributed by atoms with van der Waals surface area (Å²) in [6.45, 7) is 3.05. The van der Waals surface area contributed by atoms with Gasteiger partial charge in [-0.05, 0) is 36.8 Å². The van der Waals surface area contributed by atoms with E-state index in [1.807, 2.05) is 0 Å². The standard InChI is InChI=1S/C21H23F3N2O3S/c1-2-14-30(28,29)19-9-4-3-8-18(19)20(27)26-12-10-25(11-13-26)17-7-5-6-16(15-17)21(22,23)24/h3-9,15H,2,10-14H2,1H3. The molecule has 2 aromatic carbocycles. The molecular weight excluding hydrogens is 417 g/mol. The first kappa shape index (κ1) is 22.1. The lowest BCUT2D eigenvalue weighted by atomic mass is 10.1. The topological polar surface area (TPSA) is 57.7 Å². The minimum absolute atomic E-state index is 0.0251. The first-order valence-electron chi connectivity index (χ1n) is 9.67. The fraction of sp³-hybridized carbons (Fsp3) is 0.381. The van der Waals surface area contributed by atoms with E-state index in [-0.39, 0.29) is 35.2 Å². The van der Waals surface area contributed by atoms with E-state index in [4.69, 9.17) is 0 Å². The summed E-state index contributed by atoms with van der Waals surface area (Å²) in [7, 11) is -3.56. The summed E-state index contributed by atoms with van der Waals surface area (Å²) in [5, 5.41) is 0. The van der Waals surface area contributed by atoms with E-state index in [2.05, 4.69) is 0 Å². The number of amides is 1. The van der Waals surface area contributed by atoms with Crippen LogP contribution in [0, 0.1) is 0 Å². The molecule has 3 rings (SSSR count). The molecule has 0 aliphatic carbocycles. The zero-order valence-electron chi connectivity index (χ0n) is 16.5. The van der Waals surface area contributed by atoms with Gasteiger partial charge in [0.05, 0.1) is 21.8 Å². The van der Waals surface area contributed by atoms with Crippen LogP contribution in [0.4, 0.5) is 18.9 Å². The van der Waals surface area contributed by atoms with Gasteiger partial charge in [-0.3, -0.25) is 4.79 Å². The van der Waals surface area contributed by atoms with Crippen LogP contribution in [-0.2, 0) is 16.0 Å². The molecule has 1 saturated heterocycles. The van der Waals surface area contributed by atoms with Gasteiger partial charge in [-0.2, -0.15) is 13.2 Å². The Bertz CT molecular complexity index is 1010. The highest BCUT2D eigenvalue weighted by atomic mass is 32.2. The first-order valence-corrected chi connectivity index (χ1v) is 11.3. The highest BCUT2D eigenvalue weighted by Gasteiger charge is 2.32. The summed E-state index contributed by atoms with van der Waals surface area (Å²) >= 11 is 0. The summed E-state index contributed by atoms with van der Waals surface area (Å²) in [6.07, 6.45) is -3.97. The molecule has 0 unspecified atom stereocenters. The largest absolute Gasteiger partial charge is 0.416 e. The maximum atomic E-state index is 13.0. The molecule has 0 radical (unpaired) electrons. The lowest BCUT2D eigenvalue weighted by Crippen LogP contribution is -2.49. The molecule has 0 saturated carbocycles. The molecule has 162 valence electrons. The fourth-order valence-electron chi connectivity index (χ4n) is 3.51. The van der Waals surface area contributed by atoms with Crippen molar-refractivity contribution in [2.24, 2.45) is 0 Å². The average molecular weight is 440 g/mol. The van der Waals surface area contributed by atoms with Gasteiger partial charge in [0.1, 0.15) is 0 Å². The third kappa shape index (κ3) is 4.77. The Kier molecular flexibility index (Phi) is 6.40. The van der Waals surface area contributed by atoms with E-state index in [1.165, 1.54) is 18.2 Å². The van der Waals surface area contributed by atoms with E-state index < -0.39 is 21.6 Å². The van der Waals surface area contributed by atoms with Gasteiger partial charge in [0, 0.05) is 31.9 Å². The second kappa shape index (κ2) is 8.67. The zero-order chi connectivity index (χ0) is 21.9. The molecule has 1 aliphatic heterocycles. The number of anilines is 1. The number of sulfone groups is 1. The van der Waals surface area contributed by atoms with Gasteiger partial charge in [0.25, 0.3) is 5.91 Å². The molecule has 2 aromatic rings. The maximum absolute atomic E-state index is 13.0. The number of piperazine rings is 1. The van der Waals surface area contributed by atoms with Gasteiger partial charge in [-0.1, -0.05) is 25.1 Å². The van der Waals surface area contributed by atoms with Crippen LogP contribution in [0.25, 0.3) is 0 Å². The third-order valence-electron chi connectivity index (χ3n) is 5.03. The summed E-state index contributed by atoms with van der Waals surface area (Å²) in [5.41, 5.74) is -0.130. The molecule has 1 aliphatic rings.